The highest BCUT2D eigenvalue weighted by Gasteiger charge is 2.25. The first-order valence-corrected chi connectivity index (χ1v) is 8.18. The van der Waals surface area contributed by atoms with Crippen molar-refractivity contribution in [2.24, 2.45) is 0 Å². The third-order valence-electron chi connectivity index (χ3n) is 2.46. The second-order valence-corrected chi connectivity index (χ2v) is 7.54. The number of nitrogens with one attached hydrogen (secondary N) is 1. The lowest BCUT2D eigenvalue weighted by atomic mass is 10.3. The van der Waals surface area contributed by atoms with Gasteiger partial charge in [-0.25, -0.2) is 8.42 Å². The van der Waals surface area contributed by atoms with Crippen LogP contribution in [0.15, 0.2) is 27.6 Å². The van der Waals surface area contributed by atoms with E-state index >= 15 is 0 Å². The highest BCUT2D eigenvalue weighted by Crippen LogP contribution is 2.26. The van der Waals surface area contributed by atoms with E-state index < -0.39 is 10.0 Å². The number of hydrogen-bond acceptors (Lipinski definition) is 4. The predicted molar refractivity (Wildman–Crippen MR) is 81.6 cm³/mol. The summed E-state index contributed by atoms with van der Waals surface area (Å²) in [5.74, 6) is -0.355. The van der Waals surface area contributed by atoms with Gasteiger partial charge in [-0.2, -0.15) is 4.31 Å². The molecule has 0 aliphatic carbocycles. The van der Waals surface area contributed by atoms with Gasteiger partial charge in [-0.15, -0.1) is 0 Å². The second-order valence-electron chi connectivity index (χ2n) is 4.67. The van der Waals surface area contributed by atoms with E-state index in [4.69, 9.17) is 5.73 Å². The van der Waals surface area contributed by atoms with E-state index in [2.05, 4.69) is 21.2 Å². The van der Waals surface area contributed by atoms with Crippen LogP contribution in [0.25, 0.3) is 0 Å². The minimum Gasteiger partial charge on any atom is -0.399 e. The van der Waals surface area contributed by atoms with Crippen LogP contribution in [-0.4, -0.2) is 38.3 Å². The SMILES string of the molecule is CC(C)NC(=O)CN(C)S(=O)(=O)c1cc(N)ccc1Br. The molecule has 0 fully saturated rings. The summed E-state index contributed by atoms with van der Waals surface area (Å²) in [5, 5.41) is 2.64. The number of nitrogens with zero attached hydrogens (tertiary/aromatic N) is 1. The Hall–Kier alpha value is -1.12. The summed E-state index contributed by atoms with van der Waals surface area (Å²) in [5.41, 5.74) is 5.95. The molecular weight excluding hydrogens is 346 g/mol. The monoisotopic (exact) mass is 363 g/mol. The molecule has 1 rings (SSSR count). The van der Waals surface area contributed by atoms with Crippen LogP contribution >= 0.6 is 15.9 Å². The Bertz CT molecular complexity index is 602. The Morgan fingerprint density at radius 3 is 2.60 bits per heavy atom. The van der Waals surface area contributed by atoms with Crippen LogP contribution in [0.1, 0.15) is 13.8 Å². The Kier molecular flexibility index (Phi) is 5.55. The Labute approximate surface area is 127 Å². The maximum atomic E-state index is 12.4. The first-order valence-electron chi connectivity index (χ1n) is 5.95. The molecule has 0 radical (unpaired) electrons. The standard InChI is InChI=1S/C12H18BrN3O3S/c1-8(2)15-12(17)7-16(3)20(18,19)11-6-9(14)4-5-10(11)13/h4-6,8H,7,14H2,1-3H3,(H,15,17). The molecule has 0 aliphatic heterocycles. The van der Waals surface area contributed by atoms with Crippen LogP contribution in [0.5, 0.6) is 0 Å². The predicted octanol–water partition coefficient (Wildman–Crippen LogP) is 1.18. The van der Waals surface area contributed by atoms with Crippen LogP contribution in [0.3, 0.4) is 0 Å². The number of nitrogens with two attached hydrogens (primary N) is 1. The highest BCUT2D eigenvalue weighted by atomic mass is 79.9. The summed E-state index contributed by atoms with van der Waals surface area (Å²) in [6, 6.07) is 4.47. The number of sulfonamides is 1. The molecule has 0 unspecified atom stereocenters. The largest absolute Gasteiger partial charge is 0.399 e. The molecule has 0 atom stereocenters. The molecule has 1 amide bonds. The van der Waals surface area contributed by atoms with Crippen molar-refractivity contribution < 1.29 is 13.2 Å². The minimum atomic E-state index is -3.78. The molecule has 8 heteroatoms. The summed E-state index contributed by atoms with van der Waals surface area (Å²) >= 11 is 3.18. The zero-order valence-corrected chi connectivity index (χ0v) is 14.0. The lowest BCUT2D eigenvalue weighted by Gasteiger charge is -2.18. The van der Waals surface area contributed by atoms with Crippen LogP contribution in [-0.2, 0) is 14.8 Å². The normalized spacial score (nSPS) is 11.9. The fourth-order valence-electron chi connectivity index (χ4n) is 1.54. The average Bonchev–Trinajstić information content (AvgIpc) is 2.30. The van der Waals surface area contributed by atoms with Gasteiger partial charge in [0, 0.05) is 23.2 Å². The number of rotatable bonds is 5. The van der Waals surface area contributed by atoms with Crippen LogP contribution in [0.2, 0.25) is 0 Å². The molecule has 0 saturated heterocycles. The highest BCUT2D eigenvalue weighted by molar-refractivity contribution is 9.10. The number of likely N-dealkylation sites (N-methyl/N-ethyl adjacent to an activating group) is 1. The molecular formula is C12H18BrN3O3S. The molecule has 0 aromatic heterocycles. The first-order chi connectivity index (χ1) is 9.14. The van der Waals surface area contributed by atoms with Gasteiger partial charge in [0.05, 0.1) is 11.4 Å². The fraction of sp³-hybridized carbons (Fsp3) is 0.417. The van der Waals surface area contributed by atoms with E-state index in [1.807, 2.05) is 0 Å². The van der Waals surface area contributed by atoms with E-state index in [-0.39, 0.29) is 23.4 Å². The number of carbonyl (C=O) groups excluding carboxylic acids is 1. The van der Waals surface area contributed by atoms with Gasteiger partial charge in [0.15, 0.2) is 0 Å². The van der Waals surface area contributed by atoms with Gasteiger partial charge in [0.25, 0.3) is 0 Å². The van der Waals surface area contributed by atoms with E-state index in [0.29, 0.717) is 10.2 Å². The number of anilines is 1. The average molecular weight is 364 g/mol. The molecule has 112 valence electrons. The van der Waals surface area contributed by atoms with Crippen LogP contribution in [0, 0.1) is 0 Å². The van der Waals surface area contributed by atoms with Crippen molar-refractivity contribution in [2.75, 3.05) is 19.3 Å². The van der Waals surface area contributed by atoms with Gasteiger partial charge in [0.2, 0.25) is 15.9 Å². The van der Waals surface area contributed by atoms with Gasteiger partial charge >= 0.3 is 0 Å². The smallest absolute Gasteiger partial charge is 0.244 e. The number of carbonyl (C=O) groups is 1. The van der Waals surface area contributed by atoms with Gasteiger partial charge in [-0.05, 0) is 48.0 Å². The number of hydrogen-bond donors (Lipinski definition) is 2. The molecule has 1 aromatic carbocycles. The zero-order chi connectivity index (χ0) is 15.5. The Balaban J connectivity index is 2.98. The molecule has 20 heavy (non-hydrogen) atoms. The zero-order valence-electron chi connectivity index (χ0n) is 11.6. The fourth-order valence-corrected chi connectivity index (χ4v) is 3.62. The minimum absolute atomic E-state index is 0.0392. The first kappa shape index (κ1) is 16.9. The van der Waals surface area contributed by atoms with Crippen molar-refractivity contribution in [3.63, 3.8) is 0 Å². The topological polar surface area (TPSA) is 92.5 Å². The van der Waals surface area contributed by atoms with Gasteiger partial charge in [-0.1, -0.05) is 0 Å². The number of amides is 1. The van der Waals surface area contributed by atoms with E-state index in [0.717, 1.165) is 4.31 Å². The summed E-state index contributed by atoms with van der Waals surface area (Å²) in [6.45, 7) is 3.36. The maximum absolute atomic E-state index is 12.4. The Morgan fingerprint density at radius 1 is 1.45 bits per heavy atom. The molecule has 1 aromatic rings. The molecule has 0 aliphatic rings. The molecule has 6 nitrogen and oxygen atoms in total. The van der Waals surface area contributed by atoms with Gasteiger partial charge in [0.1, 0.15) is 0 Å². The lowest BCUT2D eigenvalue weighted by molar-refractivity contribution is -0.121. The number of benzene rings is 1. The number of halogens is 1. The van der Waals surface area contributed by atoms with Crippen molar-refractivity contribution in [1.82, 2.24) is 9.62 Å². The second kappa shape index (κ2) is 6.55. The Morgan fingerprint density at radius 2 is 2.05 bits per heavy atom. The van der Waals surface area contributed by atoms with Crippen molar-refractivity contribution in [2.45, 2.75) is 24.8 Å². The summed E-state index contributed by atoms with van der Waals surface area (Å²) in [4.78, 5) is 11.7. The van der Waals surface area contributed by atoms with Crippen molar-refractivity contribution in [3.8, 4) is 0 Å². The van der Waals surface area contributed by atoms with Crippen molar-refractivity contribution in [3.05, 3.63) is 22.7 Å². The van der Waals surface area contributed by atoms with Crippen molar-refractivity contribution in [1.29, 1.82) is 0 Å². The molecule has 0 spiro atoms. The molecule has 0 bridgehead atoms. The summed E-state index contributed by atoms with van der Waals surface area (Å²) in [7, 11) is -2.43. The molecule has 0 heterocycles. The molecule has 3 N–H and O–H groups in total. The summed E-state index contributed by atoms with van der Waals surface area (Å²) < 4.78 is 26.2. The lowest BCUT2D eigenvalue weighted by Crippen LogP contribution is -2.40. The third kappa shape index (κ3) is 4.19. The van der Waals surface area contributed by atoms with Gasteiger partial charge < -0.3 is 11.1 Å². The van der Waals surface area contributed by atoms with Crippen molar-refractivity contribution >= 4 is 37.5 Å². The van der Waals surface area contributed by atoms with E-state index in [1.54, 1.807) is 26.0 Å². The third-order valence-corrected chi connectivity index (χ3v) is 5.26. The number of nitrogen functional groups attached to an aromatic ring is 1. The van der Waals surface area contributed by atoms with Crippen LogP contribution < -0.4 is 11.1 Å². The van der Waals surface area contributed by atoms with E-state index in [9.17, 15) is 13.2 Å². The van der Waals surface area contributed by atoms with E-state index in [1.165, 1.54) is 13.1 Å². The molecule has 0 saturated carbocycles. The quantitative estimate of drug-likeness (QED) is 0.768. The van der Waals surface area contributed by atoms with Crippen LogP contribution in [0.4, 0.5) is 5.69 Å². The van der Waals surface area contributed by atoms with Gasteiger partial charge in [-0.3, -0.25) is 4.79 Å². The maximum Gasteiger partial charge on any atom is 0.244 e. The summed E-state index contributed by atoms with van der Waals surface area (Å²) in [6.07, 6.45) is 0.